The minimum atomic E-state index is -0.303. The number of hydrogen-bond donors (Lipinski definition) is 3. The molecule has 2 amide bonds. The average Bonchev–Trinajstić information content (AvgIpc) is 2.89. The van der Waals surface area contributed by atoms with Crippen LogP contribution in [0.4, 0.5) is 0 Å². The average molecular weight is 304 g/mol. The summed E-state index contributed by atoms with van der Waals surface area (Å²) in [5.41, 5.74) is 1.06. The van der Waals surface area contributed by atoms with Gasteiger partial charge < -0.3 is 15.7 Å². The number of nitrogens with one attached hydrogen (secondary N) is 2. The van der Waals surface area contributed by atoms with Crippen molar-refractivity contribution in [2.24, 2.45) is 5.92 Å². The first kappa shape index (κ1) is 16.5. The maximum Gasteiger partial charge on any atom is 0.251 e. The van der Waals surface area contributed by atoms with Gasteiger partial charge in [0.1, 0.15) is 0 Å². The molecule has 1 aliphatic carbocycles. The van der Waals surface area contributed by atoms with E-state index in [1.54, 1.807) is 24.3 Å². The second kappa shape index (κ2) is 7.40. The third-order valence-electron chi connectivity index (χ3n) is 3.97. The molecule has 22 heavy (non-hydrogen) atoms. The Morgan fingerprint density at radius 1 is 1.14 bits per heavy atom. The van der Waals surface area contributed by atoms with E-state index in [1.807, 2.05) is 13.8 Å². The molecule has 2 unspecified atom stereocenters. The number of aliphatic hydroxyl groups excluding tert-OH is 1. The highest BCUT2D eigenvalue weighted by Crippen LogP contribution is 2.24. The molecule has 0 radical (unpaired) electrons. The lowest BCUT2D eigenvalue weighted by molar-refractivity contribution is 0.0911. The van der Waals surface area contributed by atoms with Crippen molar-refractivity contribution in [1.29, 1.82) is 0 Å². The first-order valence-corrected chi connectivity index (χ1v) is 7.84. The number of carbonyl (C=O) groups excluding carboxylic acids is 2. The Bertz CT molecular complexity index is 525. The Balaban J connectivity index is 1.89. The highest BCUT2D eigenvalue weighted by Gasteiger charge is 2.25. The van der Waals surface area contributed by atoms with Crippen molar-refractivity contribution in [3.05, 3.63) is 35.4 Å². The van der Waals surface area contributed by atoms with Crippen LogP contribution < -0.4 is 10.6 Å². The van der Waals surface area contributed by atoms with E-state index in [4.69, 9.17) is 0 Å². The van der Waals surface area contributed by atoms with Gasteiger partial charge in [0.2, 0.25) is 0 Å². The van der Waals surface area contributed by atoms with E-state index in [0.717, 1.165) is 19.3 Å². The third-order valence-corrected chi connectivity index (χ3v) is 3.97. The summed E-state index contributed by atoms with van der Waals surface area (Å²) in [7, 11) is 0. The van der Waals surface area contributed by atoms with Gasteiger partial charge in [-0.1, -0.05) is 6.42 Å². The summed E-state index contributed by atoms with van der Waals surface area (Å²) in [6.45, 7) is 4.30. The maximum atomic E-state index is 12.1. The van der Waals surface area contributed by atoms with Crippen LogP contribution in [0.1, 0.15) is 53.8 Å². The predicted octanol–water partition coefficient (Wildman–Crippen LogP) is 1.72. The number of carbonyl (C=O) groups is 2. The Labute approximate surface area is 131 Å². The Morgan fingerprint density at radius 3 is 2.23 bits per heavy atom. The van der Waals surface area contributed by atoms with Gasteiger partial charge in [-0.2, -0.15) is 0 Å². The van der Waals surface area contributed by atoms with E-state index < -0.39 is 0 Å². The van der Waals surface area contributed by atoms with Gasteiger partial charge in [-0.25, -0.2) is 0 Å². The van der Waals surface area contributed by atoms with Gasteiger partial charge in [0.25, 0.3) is 11.8 Å². The summed E-state index contributed by atoms with van der Waals surface area (Å²) >= 11 is 0. The van der Waals surface area contributed by atoms with Crippen LogP contribution in [-0.4, -0.2) is 35.6 Å². The number of aliphatic hydroxyl groups is 1. The SMILES string of the molecule is CC(C)NC(=O)c1ccc(C(=O)NCC2CCCC2O)cc1. The monoisotopic (exact) mass is 304 g/mol. The van der Waals surface area contributed by atoms with E-state index in [2.05, 4.69) is 10.6 Å². The van der Waals surface area contributed by atoms with Crippen LogP contribution in [0.5, 0.6) is 0 Å². The molecule has 0 heterocycles. The van der Waals surface area contributed by atoms with Gasteiger partial charge in [0.15, 0.2) is 0 Å². The predicted molar refractivity (Wildman–Crippen MR) is 84.7 cm³/mol. The van der Waals surface area contributed by atoms with Crippen molar-refractivity contribution in [1.82, 2.24) is 10.6 Å². The van der Waals surface area contributed by atoms with E-state index in [0.29, 0.717) is 17.7 Å². The molecule has 0 saturated heterocycles. The molecule has 1 aromatic rings. The van der Waals surface area contributed by atoms with Crippen molar-refractivity contribution in [2.75, 3.05) is 6.54 Å². The molecule has 1 aliphatic rings. The van der Waals surface area contributed by atoms with E-state index in [1.165, 1.54) is 0 Å². The zero-order valence-corrected chi connectivity index (χ0v) is 13.1. The third kappa shape index (κ3) is 4.31. The zero-order chi connectivity index (χ0) is 16.1. The lowest BCUT2D eigenvalue weighted by atomic mass is 10.1. The second-order valence-corrected chi connectivity index (χ2v) is 6.17. The molecule has 120 valence electrons. The van der Waals surface area contributed by atoms with Gasteiger partial charge in [-0.3, -0.25) is 9.59 Å². The topological polar surface area (TPSA) is 78.4 Å². The van der Waals surface area contributed by atoms with Gasteiger partial charge in [-0.15, -0.1) is 0 Å². The Kier molecular flexibility index (Phi) is 5.55. The first-order valence-electron chi connectivity index (χ1n) is 7.84. The molecule has 3 N–H and O–H groups in total. The fourth-order valence-corrected chi connectivity index (χ4v) is 2.70. The van der Waals surface area contributed by atoms with E-state index >= 15 is 0 Å². The molecule has 1 saturated carbocycles. The van der Waals surface area contributed by atoms with E-state index in [-0.39, 0.29) is 29.9 Å². The molecule has 0 spiro atoms. The number of benzene rings is 1. The molecule has 0 bridgehead atoms. The fourth-order valence-electron chi connectivity index (χ4n) is 2.70. The molecule has 2 atom stereocenters. The lowest BCUT2D eigenvalue weighted by Gasteiger charge is -2.15. The minimum Gasteiger partial charge on any atom is -0.393 e. The van der Waals surface area contributed by atoms with Crippen LogP contribution in [0.2, 0.25) is 0 Å². The quantitative estimate of drug-likeness (QED) is 0.775. The van der Waals surface area contributed by atoms with Crippen molar-refractivity contribution in [3.8, 4) is 0 Å². The minimum absolute atomic E-state index is 0.0771. The number of rotatable bonds is 5. The summed E-state index contributed by atoms with van der Waals surface area (Å²) < 4.78 is 0. The van der Waals surface area contributed by atoms with Gasteiger partial charge in [-0.05, 0) is 51.0 Å². The molecule has 0 aromatic heterocycles. The summed E-state index contributed by atoms with van der Waals surface area (Å²) in [4.78, 5) is 23.9. The van der Waals surface area contributed by atoms with Crippen LogP contribution >= 0.6 is 0 Å². The molecule has 0 aliphatic heterocycles. The molecular formula is C17H24N2O3. The fraction of sp³-hybridized carbons (Fsp3) is 0.529. The standard InChI is InChI=1S/C17H24N2O3/c1-11(2)19-17(22)13-8-6-12(7-9-13)16(21)18-10-14-4-3-5-15(14)20/h6-9,11,14-15,20H,3-5,10H2,1-2H3,(H,18,21)(H,19,22). The van der Waals surface area contributed by atoms with E-state index in [9.17, 15) is 14.7 Å². The molecule has 5 heteroatoms. The Morgan fingerprint density at radius 2 is 1.73 bits per heavy atom. The maximum absolute atomic E-state index is 12.1. The summed E-state index contributed by atoms with van der Waals surface area (Å²) in [6.07, 6.45) is 2.49. The molecular weight excluding hydrogens is 280 g/mol. The lowest BCUT2D eigenvalue weighted by Crippen LogP contribution is -2.32. The first-order chi connectivity index (χ1) is 10.5. The van der Waals surface area contributed by atoms with Crippen LogP contribution in [0, 0.1) is 5.92 Å². The highest BCUT2D eigenvalue weighted by molar-refractivity contribution is 5.97. The number of hydrogen-bond acceptors (Lipinski definition) is 3. The molecule has 1 fully saturated rings. The summed E-state index contributed by atoms with van der Waals surface area (Å²) in [5.74, 6) is -0.161. The zero-order valence-electron chi connectivity index (χ0n) is 13.1. The molecule has 1 aromatic carbocycles. The van der Waals surface area contributed by atoms with Crippen molar-refractivity contribution < 1.29 is 14.7 Å². The summed E-state index contributed by atoms with van der Waals surface area (Å²) in [5, 5.41) is 15.4. The second-order valence-electron chi connectivity index (χ2n) is 6.17. The van der Waals surface area contributed by atoms with Crippen molar-refractivity contribution in [2.45, 2.75) is 45.3 Å². The number of amides is 2. The Hall–Kier alpha value is -1.88. The van der Waals surface area contributed by atoms with Crippen LogP contribution in [0.15, 0.2) is 24.3 Å². The van der Waals surface area contributed by atoms with Crippen molar-refractivity contribution in [3.63, 3.8) is 0 Å². The van der Waals surface area contributed by atoms with Crippen LogP contribution in [-0.2, 0) is 0 Å². The van der Waals surface area contributed by atoms with Gasteiger partial charge in [0, 0.05) is 29.6 Å². The van der Waals surface area contributed by atoms with Gasteiger partial charge >= 0.3 is 0 Å². The van der Waals surface area contributed by atoms with Crippen molar-refractivity contribution >= 4 is 11.8 Å². The largest absolute Gasteiger partial charge is 0.393 e. The van der Waals surface area contributed by atoms with Crippen LogP contribution in [0.3, 0.4) is 0 Å². The smallest absolute Gasteiger partial charge is 0.251 e. The molecule has 2 rings (SSSR count). The van der Waals surface area contributed by atoms with Crippen LogP contribution in [0.25, 0.3) is 0 Å². The molecule has 5 nitrogen and oxygen atoms in total. The summed E-state index contributed by atoms with van der Waals surface area (Å²) in [6, 6.07) is 6.67. The van der Waals surface area contributed by atoms with Gasteiger partial charge in [0.05, 0.1) is 6.10 Å². The highest BCUT2D eigenvalue weighted by atomic mass is 16.3. The normalized spacial score (nSPS) is 20.9.